The van der Waals surface area contributed by atoms with E-state index in [-0.39, 0.29) is 17.5 Å². The molecule has 1 aromatic carbocycles. The molecule has 5 nitrogen and oxygen atoms in total. The highest BCUT2D eigenvalue weighted by atomic mass is 32.2. The smallest absolute Gasteiger partial charge is 0.253 e. The summed E-state index contributed by atoms with van der Waals surface area (Å²) in [7, 11) is -3.27. The standard InChI is InChI=1S/C13H16F2N2O3S/c1-21(19,20)16-10-4-6-17(7-5-10)13(18)9-2-3-11(14)12(15)8-9/h2-3,8,10,16H,4-7H2,1H3. The average Bonchev–Trinajstić information content (AvgIpc) is 2.40. The van der Waals surface area contributed by atoms with E-state index in [1.54, 1.807) is 0 Å². The van der Waals surface area contributed by atoms with Gasteiger partial charge >= 0.3 is 0 Å². The van der Waals surface area contributed by atoms with Gasteiger partial charge in [0.1, 0.15) is 0 Å². The number of rotatable bonds is 3. The first-order valence-corrected chi connectivity index (χ1v) is 8.37. The van der Waals surface area contributed by atoms with Crippen LogP contribution in [-0.4, -0.2) is 44.6 Å². The van der Waals surface area contributed by atoms with Crippen molar-refractivity contribution in [1.82, 2.24) is 9.62 Å². The molecule has 0 atom stereocenters. The number of likely N-dealkylation sites (tertiary alicyclic amines) is 1. The van der Waals surface area contributed by atoms with Crippen molar-refractivity contribution in [1.29, 1.82) is 0 Å². The Morgan fingerprint density at radius 1 is 1.24 bits per heavy atom. The average molecular weight is 318 g/mol. The highest BCUT2D eigenvalue weighted by Crippen LogP contribution is 2.16. The summed E-state index contributed by atoms with van der Waals surface area (Å²) in [4.78, 5) is 13.7. The molecule has 1 aliphatic rings. The molecular weight excluding hydrogens is 302 g/mol. The van der Waals surface area contributed by atoms with E-state index in [2.05, 4.69) is 4.72 Å². The van der Waals surface area contributed by atoms with Gasteiger partial charge in [-0.15, -0.1) is 0 Å². The van der Waals surface area contributed by atoms with Crippen LogP contribution in [0.25, 0.3) is 0 Å². The number of piperidine rings is 1. The van der Waals surface area contributed by atoms with Crippen LogP contribution in [0.2, 0.25) is 0 Å². The van der Waals surface area contributed by atoms with Crippen LogP contribution in [-0.2, 0) is 10.0 Å². The first-order valence-electron chi connectivity index (χ1n) is 6.48. The number of nitrogens with one attached hydrogen (secondary N) is 1. The van der Waals surface area contributed by atoms with E-state index in [9.17, 15) is 22.0 Å². The van der Waals surface area contributed by atoms with E-state index in [4.69, 9.17) is 0 Å². The molecule has 0 radical (unpaired) electrons. The van der Waals surface area contributed by atoms with Crippen molar-refractivity contribution in [2.45, 2.75) is 18.9 Å². The maximum absolute atomic E-state index is 13.1. The van der Waals surface area contributed by atoms with Gasteiger partial charge in [-0.1, -0.05) is 0 Å². The van der Waals surface area contributed by atoms with Crippen LogP contribution in [0.4, 0.5) is 8.78 Å². The second-order valence-corrected chi connectivity index (χ2v) is 6.87. The number of halogens is 2. The Morgan fingerprint density at radius 2 is 1.86 bits per heavy atom. The predicted molar refractivity (Wildman–Crippen MR) is 73.3 cm³/mol. The number of carbonyl (C=O) groups is 1. The lowest BCUT2D eigenvalue weighted by Crippen LogP contribution is -2.46. The van der Waals surface area contributed by atoms with Crippen LogP contribution < -0.4 is 4.72 Å². The molecule has 0 aliphatic carbocycles. The lowest BCUT2D eigenvalue weighted by atomic mass is 10.0. The van der Waals surface area contributed by atoms with E-state index in [1.807, 2.05) is 0 Å². The summed E-state index contributed by atoms with van der Waals surface area (Å²) in [5, 5.41) is 0. The van der Waals surface area contributed by atoms with Crippen LogP contribution in [0.1, 0.15) is 23.2 Å². The Bertz CT molecular complexity index is 641. The van der Waals surface area contributed by atoms with Crippen molar-refractivity contribution in [2.24, 2.45) is 0 Å². The van der Waals surface area contributed by atoms with E-state index >= 15 is 0 Å². The molecule has 1 saturated heterocycles. The van der Waals surface area contributed by atoms with Gasteiger partial charge in [-0.3, -0.25) is 4.79 Å². The number of nitrogens with zero attached hydrogens (tertiary/aromatic N) is 1. The Labute approximate surface area is 122 Å². The first-order chi connectivity index (χ1) is 9.76. The van der Waals surface area contributed by atoms with Crippen LogP contribution in [0.15, 0.2) is 18.2 Å². The van der Waals surface area contributed by atoms with Gasteiger partial charge in [0.05, 0.1) is 6.26 Å². The fourth-order valence-electron chi connectivity index (χ4n) is 2.31. The first kappa shape index (κ1) is 15.8. The second kappa shape index (κ2) is 6.07. The maximum atomic E-state index is 13.1. The van der Waals surface area contributed by atoms with Gasteiger partial charge in [-0.2, -0.15) is 0 Å². The fraction of sp³-hybridized carbons (Fsp3) is 0.462. The highest BCUT2D eigenvalue weighted by Gasteiger charge is 2.25. The minimum absolute atomic E-state index is 0.0865. The number of hydrogen-bond acceptors (Lipinski definition) is 3. The lowest BCUT2D eigenvalue weighted by molar-refractivity contribution is 0.0710. The molecule has 0 saturated carbocycles. The molecule has 1 heterocycles. The lowest BCUT2D eigenvalue weighted by Gasteiger charge is -2.32. The number of benzene rings is 1. The molecule has 1 amide bonds. The largest absolute Gasteiger partial charge is 0.339 e. The molecule has 1 N–H and O–H groups in total. The topological polar surface area (TPSA) is 66.5 Å². The number of sulfonamides is 1. The van der Waals surface area contributed by atoms with E-state index < -0.39 is 21.7 Å². The highest BCUT2D eigenvalue weighted by molar-refractivity contribution is 7.88. The summed E-state index contributed by atoms with van der Waals surface area (Å²) < 4.78 is 50.8. The number of carbonyl (C=O) groups excluding carboxylic acids is 1. The summed E-state index contributed by atoms with van der Waals surface area (Å²) in [6.45, 7) is 0.732. The van der Waals surface area contributed by atoms with E-state index in [0.29, 0.717) is 25.9 Å². The van der Waals surface area contributed by atoms with Gasteiger partial charge in [-0.25, -0.2) is 21.9 Å². The van der Waals surface area contributed by atoms with Crippen molar-refractivity contribution in [3.8, 4) is 0 Å². The summed E-state index contributed by atoms with van der Waals surface area (Å²) in [6.07, 6.45) is 2.07. The van der Waals surface area contributed by atoms with Gasteiger partial charge in [0.15, 0.2) is 11.6 Å². The molecule has 1 aliphatic heterocycles. The number of hydrogen-bond donors (Lipinski definition) is 1. The van der Waals surface area contributed by atoms with Gasteiger partial charge in [0, 0.05) is 24.7 Å². The zero-order chi connectivity index (χ0) is 15.6. The monoisotopic (exact) mass is 318 g/mol. The summed E-state index contributed by atoms with van der Waals surface area (Å²) in [5.41, 5.74) is 0.0865. The molecule has 116 valence electrons. The minimum Gasteiger partial charge on any atom is -0.339 e. The molecular formula is C13H16F2N2O3S. The molecule has 1 fully saturated rings. The van der Waals surface area contributed by atoms with Crippen molar-refractivity contribution in [2.75, 3.05) is 19.3 Å². The zero-order valence-corrected chi connectivity index (χ0v) is 12.3. The van der Waals surface area contributed by atoms with Crippen molar-refractivity contribution in [3.63, 3.8) is 0 Å². The summed E-state index contributed by atoms with van der Waals surface area (Å²) in [6, 6.07) is 2.83. The van der Waals surface area contributed by atoms with Crippen LogP contribution in [0, 0.1) is 11.6 Å². The van der Waals surface area contributed by atoms with Crippen molar-refractivity contribution in [3.05, 3.63) is 35.4 Å². The minimum atomic E-state index is -3.27. The maximum Gasteiger partial charge on any atom is 0.253 e. The SMILES string of the molecule is CS(=O)(=O)NC1CCN(C(=O)c2ccc(F)c(F)c2)CC1. The van der Waals surface area contributed by atoms with Gasteiger partial charge in [0.25, 0.3) is 5.91 Å². The Kier molecular flexibility index (Phi) is 4.58. The molecule has 8 heteroatoms. The molecule has 2 rings (SSSR count). The Morgan fingerprint density at radius 3 is 2.38 bits per heavy atom. The third-order valence-electron chi connectivity index (χ3n) is 3.33. The normalized spacial score (nSPS) is 17.0. The van der Waals surface area contributed by atoms with E-state index in [0.717, 1.165) is 18.4 Å². The van der Waals surface area contributed by atoms with Gasteiger partial charge in [-0.05, 0) is 31.0 Å². The van der Waals surface area contributed by atoms with Crippen molar-refractivity contribution >= 4 is 15.9 Å². The van der Waals surface area contributed by atoms with Crippen LogP contribution in [0.5, 0.6) is 0 Å². The molecule has 0 unspecified atom stereocenters. The second-order valence-electron chi connectivity index (χ2n) is 5.09. The van der Waals surface area contributed by atoms with Gasteiger partial charge in [0.2, 0.25) is 10.0 Å². The Balaban J connectivity index is 1.98. The zero-order valence-electron chi connectivity index (χ0n) is 11.5. The van der Waals surface area contributed by atoms with Crippen LogP contribution >= 0.6 is 0 Å². The molecule has 0 bridgehead atoms. The van der Waals surface area contributed by atoms with Gasteiger partial charge < -0.3 is 4.90 Å². The predicted octanol–water partition coefficient (Wildman–Crippen LogP) is 1.12. The molecule has 0 aromatic heterocycles. The summed E-state index contributed by atoms with van der Waals surface area (Å²) in [5.74, 6) is -2.44. The van der Waals surface area contributed by atoms with E-state index in [1.165, 1.54) is 11.0 Å². The Hall–Kier alpha value is -1.54. The third kappa shape index (κ3) is 4.21. The number of amides is 1. The summed E-state index contributed by atoms with van der Waals surface area (Å²) >= 11 is 0. The molecule has 1 aromatic rings. The third-order valence-corrected chi connectivity index (χ3v) is 4.09. The fourth-order valence-corrected chi connectivity index (χ4v) is 3.16. The van der Waals surface area contributed by atoms with Crippen LogP contribution in [0.3, 0.4) is 0 Å². The molecule has 0 spiro atoms. The molecule has 21 heavy (non-hydrogen) atoms. The van der Waals surface area contributed by atoms with Crippen molar-refractivity contribution < 1.29 is 22.0 Å². The quantitative estimate of drug-likeness (QED) is 0.908.